The van der Waals surface area contributed by atoms with Crippen LogP contribution < -0.4 is 15.4 Å². The molecular formula is C21H27N3O4S. The van der Waals surface area contributed by atoms with Crippen molar-refractivity contribution in [1.29, 1.82) is 0 Å². The van der Waals surface area contributed by atoms with Crippen LogP contribution in [0, 0.1) is 13.8 Å². The molecule has 0 heterocycles. The summed E-state index contributed by atoms with van der Waals surface area (Å²) in [6.45, 7) is 5.13. The van der Waals surface area contributed by atoms with E-state index in [1.165, 1.54) is 12.1 Å². The second-order valence-corrected chi connectivity index (χ2v) is 8.62. The molecule has 8 heteroatoms. The van der Waals surface area contributed by atoms with Gasteiger partial charge in [-0.3, -0.25) is 9.59 Å². The van der Waals surface area contributed by atoms with Crippen LogP contribution in [0.1, 0.15) is 36.1 Å². The van der Waals surface area contributed by atoms with Crippen molar-refractivity contribution in [1.82, 2.24) is 15.4 Å². The Bertz CT molecular complexity index is 939. The van der Waals surface area contributed by atoms with Gasteiger partial charge in [0.2, 0.25) is 21.8 Å². The van der Waals surface area contributed by atoms with Crippen molar-refractivity contribution in [3.05, 3.63) is 65.2 Å². The van der Waals surface area contributed by atoms with Crippen molar-refractivity contribution < 1.29 is 18.0 Å². The molecule has 2 aromatic carbocycles. The zero-order chi connectivity index (χ0) is 21.4. The summed E-state index contributed by atoms with van der Waals surface area (Å²) in [5.74, 6) is -0.925. The number of rotatable bonds is 9. The zero-order valence-corrected chi connectivity index (χ0v) is 17.7. The van der Waals surface area contributed by atoms with E-state index in [1.54, 1.807) is 12.1 Å². The maximum absolute atomic E-state index is 12.2. The average molecular weight is 418 g/mol. The molecule has 3 N–H and O–H groups in total. The van der Waals surface area contributed by atoms with Crippen LogP contribution in [0.2, 0.25) is 0 Å². The molecule has 156 valence electrons. The molecule has 0 unspecified atom stereocenters. The van der Waals surface area contributed by atoms with E-state index in [-0.39, 0.29) is 23.4 Å². The van der Waals surface area contributed by atoms with E-state index in [4.69, 9.17) is 0 Å². The van der Waals surface area contributed by atoms with E-state index in [2.05, 4.69) is 15.4 Å². The van der Waals surface area contributed by atoms with E-state index in [1.807, 2.05) is 45.0 Å². The van der Waals surface area contributed by atoms with Crippen LogP contribution in [0.3, 0.4) is 0 Å². The fraction of sp³-hybridized carbons (Fsp3) is 0.333. The van der Waals surface area contributed by atoms with E-state index in [0.29, 0.717) is 6.42 Å². The summed E-state index contributed by atoms with van der Waals surface area (Å²) >= 11 is 0. The van der Waals surface area contributed by atoms with Crippen LogP contribution in [-0.2, 0) is 19.6 Å². The van der Waals surface area contributed by atoms with Gasteiger partial charge in [0.25, 0.3) is 0 Å². The van der Waals surface area contributed by atoms with Crippen LogP contribution in [-0.4, -0.2) is 33.3 Å². The van der Waals surface area contributed by atoms with Crippen LogP contribution in [0.4, 0.5) is 0 Å². The van der Waals surface area contributed by atoms with E-state index < -0.39 is 22.5 Å². The normalized spacial score (nSPS) is 12.2. The molecule has 0 saturated heterocycles. The van der Waals surface area contributed by atoms with Gasteiger partial charge in [-0.15, -0.1) is 0 Å². The number of carbonyl (C=O) groups is 2. The average Bonchev–Trinajstić information content (AvgIpc) is 2.70. The summed E-state index contributed by atoms with van der Waals surface area (Å²) in [7, 11) is -3.78. The number of nitrogens with one attached hydrogen (secondary N) is 3. The van der Waals surface area contributed by atoms with Crippen molar-refractivity contribution in [2.75, 3.05) is 13.1 Å². The highest BCUT2D eigenvalue weighted by Gasteiger charge is 2.16. The van der Waals surface area contributed by atoms with Crippen molar-refractivity contribution >= 4 is 21.8 Å². The minimum absolute atomic E-state index is 0.0810. The van der Waals surface area contributed by atoms with Gasteiger partial charge >= 0.3 is 0 Å². The molecule has 0 aliphatic carbocycles. The summed E-state index contributed by atoms with van der Waals surface area (Å²) in [4.78, 5) is 24.2. The number of hydrogen-bond donors (Lipinski definition) is 3. The smallest absolute Gasteiger partial charge is 0.241 e. The van der Waals surface area contributed by atoms with Gasteiger partial charge in [0.05, 0.1) is 24.0 Å². The Morgan fingerprint density at radius 1 is 0.862 bits per heavy atom. The molecule has 0 fully saturated rings. The monoisotopic (exact) mass is 417 g/mol. The molecule has 2 rings (SSSR count). The SMILES string of the molecule is CC[C@@H](NC(=O)CNC(=O)CNS(=O)(=O)c1ccc(C)cc1)c1ccc(C)cc1. The lowest BCUT2D eigenvalue weighted by Gasteiger charge is -2.18. The first-order chi connectivity index (χ1) is 13.7. The molecule has 2 aromatic rings. The van der Waals surface area contributed by atoms with E-state index in [0.717, 1.165) is 16.7 Å². The highest BCUT2D eigenvalue weighted by Crippen LogP contribution is 2.16. The fourth-order valence-corrected chi connectivity index (χ4v) is 3.65. The van der Waals surface area contributed by atoms with Crippen molar-refractivity contribution in [3.63, 3.8) is 0 Å². The van der Waals surface area contributed by atoms with Gasteiger partial charge in [-0.25, -0.2) is 13.1 Å². The third kappa shape index (κ3) is 6.99. The molecule has 2 amide bonds. The van der Waals surface area contributed by atoms with Crippen LogP contribution in [0.25, 0.3) is 0 Å². The predicted molar refractivity (Wildman–Crippen MR) is 112 cm³/mol. The Kier molecular flexibility index (Phi) is 7.92. The minimum Gasteiger partial charge on any atom is -0.348 e. The second-order valence-electron chi connectivity index (χ2n) is 6.85. The molecule has 1 atom stereocenters. The maximum atomic E-state index is 12.2. The van der Waals surface area contributed by atoms with Gasteiger partial charge < -0.3 is 10.6 Å². The molecule has 0 aliphatic heterocycles. The standard InChI is InChI=1S/C21H27N3O4S/c1-4-19(17-9-5-15(2)6-10-17)24-21(26)13-22-20(25)14-23-29(27,28)18-11-7-16(3)8-12-18/h5-12,19,23H,4,13-14H2,1-3H3,(H,22,25)(H,24,26)/t19-/m1/s1. The summed E-state index contributed by atoms with van der Waals surface area (Å²) in [5.41, 5.74) is 3.06. The Morgan fingerprint density at radius 3 is 1.97 bits per heavy atom. The van der Waals surface area contributed by atoms with Gasteiger partial charge in [0.15, 0.2) is 0 Å². The largest absolute Gasteiger partial charge is 0.348 e. The Morgan fingerprint density at radius 2 is 1.41 bits per heavy atom. The Balaban J connectivity index is 1.81. The number of aryl methyl sites for hydroxylation is 2. The molecule has 7 nitrogen and oxygen atoms in total. The maximum Gasteiger partial charge on any atom is 0.241 e. The van der Waals surface area contributed by atoms with Gasteiger partial charge in [-0.2, -0.15) is 0 Å². The van der Waals surface area contributed by atoms with Crippen LogP contribution >= 0.6 is 0 Å². The summed E-state index contributed by atoms with van der Waals surface area (Å²) < 4.78 is 26.6. The number of amides is 2. The summed E-state index contributed by atoms with van der Waals surface area (Å²) in [5, 5.41) is 5.30. The number of carbonyl (C=O) groups excluding carboxylic acids is 2. The quantitative estimate of drug-likeness (QED) is 0.580. The van der Waals surface area contributed by atoms with Gasteiger partial charge in [-0.1, -0.05) is 54.4 Å². The van der Waals surface area contributed by atoms with Gasteiger partial charge in [0, 0.05) is 0 Å². The number of sulfonamides is 1. The molecule has 0 radical (unpaired) electrons. The zero-order valence-electron chi connectivity index (χ0n) is 16.9. The number of hydrogen-bond acceptors (Lipinski definition) is 4. The van der Waals surface area contributed by atoms with Gasteiger partial charge in [0.1, 0.15) is 0 Å². The van der Waals surface area contributed by atoms with E-state index in [9.17, 15) is 18.0 Å². The first kappa shape index (κ1) is 22.6. The molecule has 0 aliphatic rings. The molecule has 29 heavy (non-hydrogen) atoms. The van der Waals surface area contributed by atoms with Crippen molar-refractivity contribution in [2.24, 2.45) is 0 Å². The highest BCUT2D eigenvalue weighted by atomic mass is 32.2. The third-order valence-electron chi connectivity index (χ3n) is 4.42. The van der Waals surface area contributed by atoms with Crippen molar-refractivity contribution in [2.45, 2.75) is 38.1 Å². The van der Waals surface area contributed by atoms with Crippen LogP contribution in [0.5, 0.6) is 0 Å². The first-order valence-electron chi connectivity index (χ1n) is 9.40. The summed E-state index contributed by atoms with van der Waals surface area (Å²) in [6, 6.07) is 14.0. The molecule has 0 spiro atoms. The topological polar surface area (TPSA) is 104 Å². The lowest BCUT2D eigenvalue weighted by molar-refractivity contribution is -0.125. The molecule has 0 aromatic heterocycles. The molecular weight excluding hydrogens is 390 g/mol. The molecule has 0 bridgehead atoms. The second kappa shape index (κ2) is 10.2. The lowest BCUT2D eigenvalue weighted by atomic mass is 10.0. The van der Waals surface area contributed by atoms with Gasteiger partial charge in [-0.05, 0) is 38.0 Å². The third-order valence-corrected chi connectivity index (χ3v) is 5.84. The lowest BCUT2D eigenvalue weighted by Crippen LogP contribution is -2.42. The Labute approximate surface area is 172 Å². The summed E-state index contributed by atoms with van der Waals surface area (Å²) in [6.07, 6.45) is 0.707. The molecule has 0 saturated carbocycles. The fourth-order valence-electron chi connectivity index (χ4n) is 2.67. The first-order valence-corrected chi connectivity index (χ1v) is 10.9. The number of benzene rings is 2. The predicted octanol–water partition coefficient (Wildman–Crippen LogP) is 1.97. The van der Waals surface area contributed by atoms with Crippen LogP contribution in [0.15, 0.2) is 53.4 Å². The highest BCUT2D eigenvalue weighted by molar-refractivity contribution is 7.89. The van der Waals surface area contributed by atoms with E-state index >= 15 is 0 Å². The van der Waals surface area contributed by atoms with Crippen molar-refractivity contribution in [3.8, 4) is 0 Å². The Hall–Kier alpha value is -2.71. The minimum atomic E-state index is -3.78.